The molecular formula is C15H13F3N4O3. The molecule has 10 heteroatoms. The highest BCUT2D eigenvalue weighted by molar-refractivity contribution is 5.95. The first-order chi connectivity index (χ1) is 11.7. The quantitative estimate of drug-likeness (QED) is 0.907. The highest BCUT2D eigenvalue weighted by atomic mass is 19.4. The summed E-state index contributed by atoms with van der Waals surface area (Å²) in [6.07, 6.45) is -2.51. The number of carboxylic acids is 1. The lowest BCUT2D eigenvalue weighted by Crippen LogP contribution is -2.47. The largest absolute Gasteiger partial charge is 0.481 e. The van der Waals surface area contributed by atoms with Gasteiger partial charge in [0.1, 0.15) is 0 Å². The molecule has 0 bridgehead atoms. The monoisotopic (exact) mass is 354 g/mol. The lowest BCUT2D eigenvalue weighted by molar-refractivity contribution is -0.227. The zero-order valence-corrected chi connectivity index (χ0v) is 12.8. The number of carbonyl (C=O) groups excluding carboxylic acids is 1. The number of carbonyl (C=O) groups is 2. The molecule has 0 radical (unpaired) electrons. The van der Waals surface area contributed by atoms with Gasteiger partial charge in [-0.05, 0) is 30.7 Å². The summed E-state index contributed by atoms with van der Waals surface area (Å²) in [5.41, 5.74) is -2.11. The van der Waals surface area contributed by atoms with Gasteiger partial charge in [0.2, 0.25) is 0 Å². The van der Waals surface area contributed by atoms with E-state index < -0.39 is 36.4 Å². The van der Waals surface area contributed by atoms with E-state index in [2.05, 4.69) is 10.3 Å². The number of hydrogen-bond acceptors (Lipinski definition) is 4. The summed E-state index contributed by atoms with van der Waals surface area (Å²) in [5, 5.41) is 16.5. The maximum absolute atomic E-state index is 13.2. The molecule has 7 nitrogen and oxygen atoms in total. The number of carboxylic acid groups (broad SMARTS) is 1. The number of aromatic nitrogens is 3. The molecule has 1 aromatic carbocycles. The molecule has 1 saturated heterocycles. The maximum atomic E-state index is 13.2. The van der Waals surface area contributed by atoms with E-state index in [9.17, 15) is 22.8 Å². The molecule has 0 saturated carbocycles. The Balaban J connectivity index is 1.79. The van der Waals surface area contributed by atoms with Crippen LogP contribution in [-0.4, -0.2) is 56.1 Å². The van der Waals surface area contributed by atoms with E-state index in [1.165, 1.54) is 23.0 Å². The number of nitrogens with zero attached hydrogens (tertiary/aromatic N) is 4. The lowest BCUT2D eigenvalue weighted by Gasteiger charge is -2.27. The van der Waals surface area contributed by atoms with E-state index >= 15 is 0 Å². The van der Waals surface area contributed by atoms with E-state index in [4.69, 9.17) is 5.11 Å². The molecule has 1 unspecified atom stereocenters. The summed E-state index contributed by atoms with van der Waals surface area (Å²) in [6, 6.07) is 6.06. The number of hydrogen-bond donors (Lipinski definition) is 1. The van der Waals surface area contributed by atoms with Crippen molar-refractivity contribution in [1.29, 1.82) is 0 Å². The van der Waals surface area contributed by atoms with Crippen molar-refractivity contribution in [2.75, 3.05) is 13.1 Å². The minimum absolute atomic E-state index is 0.173. The van der Waals surface area contributed by atoms with Crippen LogP contribution in [-0.2, 0) is 4.79 Å². The van der Waals surface area contributed by atoms with Crippen molar-refractivity contribution in [2.24, 2.45) is 5.41 Å². The number of aliphatic carboxylic acids is 1. The molecule has 25 heavy (non-hydrogen) atoms. The highest BCUT2D eigenvalue weighted by Crippen LogP contribution is 2.45. The SMILES string of the molecule is O=C(c1ccc(-n2ccnn2)cc1)N1CCC(C(=O)O)(C(F)(F)F)C1. The molecule has 1 amide bonds. The molecule has 1 aliphatic heterocycles. The van der Waals surface area contributed by atoms with Gasteiger partial charge in [-0.2, -0.15) is 13.2 Å². The second-order valence-electron chi connectivity index (χ2n) is 5.76. The van der Waals surface area contributed by atoms with Crippen LogP contribution in [0, 0.1) is 5.41 Å². The molecule has 132 valence electrons. The Labute approximate surface area is 139 Å². The number of likely N-dealkylation sites (tertiary alicyclic amines) is 1. The van der Waals surface area contributed by atoms with Gasteiger partial charge in [0.25, 0.3) is 5.91 Å². The van der Waals surface area contributed by atoms with Gasteiger partial charge in [-0.1, -0.05) is 5.21 Å². The van der Waals surface area contributed by atoms with Gasteiger partial charge >= 0.3 is 12.1 Å². The van der Waals surface area contributed by atoms with Crippen LogP contribution in [0.2, 0.25) is 0 Å². The van der Waals surface area contributed by atoms with E-state index in [-0.39, 0.29) is 12.1 Å². The van der Waals surface area contributed by atoms with Crippen molar-refractivity contribution < 1.29 is 27.9 Å². The number of alkyl halides is 3. The number of rotatable bonds is 3. The van der Waals surface area contributed by atoms with Crippen molar-refractivity contribution in [3.63, 3.8) is 0 Å². The molecular weight excluding hydrogens is 341 g/mol. The van der Waals surface area contributed by atoms with Crippen LogP contribution >= 0.6 is 0 Å². The van der Waals surface area contributed by atoms with Crippen molar-refractivity contribution in [3.05, 3.63) is 42.2 Å². The van der Waals surface area contributed by atoms with E-state index in [1.54, 1.807) is 18.3 Å². The minimum Gasteiger partial charge on any atom is -0.481 e. The highest BCUT2D eigenvalue weighted by Gasteiger charge is 2.64. The number of benzene rings is 1. The predicted molar refractivity (Wildman–Crippen MR) is 78.0 cm³/mol. The minimum atomic E-state index is -4.93. The van der Waals surface area contributed by atoms with Gasteiger partial charge < -0.3 is 10.0 Å². The summed E-state index contributed by atoms with van der Waals surface area (Å²) in [5.74, 6) is -2.60. The molecule has 0 aliphatic carbocycles. The van der Waals surface area contributed by atoms with Gasteiger partial charge in [0.05, 0.1) is 18.1 Å². The predicted octanol–water partition coefficient (Wildman–Crippen LogP) is 1.75. The lowest BCUT2D eigenvalue weighted by atomic mass is 9.86. The Morgan fingerprint density at radius 3 is 2.36 bits per heavy atom. The zero-order chi connectivity index (χ0) is 18.2. The third-order valence-corrected chi connectivity index (χ3v) is 4.31. The molecule has 1 atom stereocenters. The first-order valence-electron chi connectivity index (χ1n) is 7.31. The smallest absolute Gasteiger partial charge is 0.406 e. The maximum Gasteiger partial charge on any atom is 0.406 e. The van der Waals surface area contributed by atoms with Crippen LogP contribution in [0.5, 0.6) is 0 Å². The van der Waals surface area contributed by atoms with Crippen LogP contribution in [0.1, 0.15) is 16.8 Å². The zero-order valence-electron chi connectivity index (χ0n) is 12.8. The van der Waals surface area contributed by atoms with Crippen LogP contribution in [0.25, 0.3) is 5.69 Å². The first-order valence-corrected chi connectivity index (χ1v) is 7.31. The summed E-state index contributed by atoms with van der Waals surface area (Å²) in [7, 11) is 0. The van der Waals surface area contributed by atoms with Crippen LogP contribution in [0.4, 0.5) is 13.2 Å². The van der Waals surface area contributed by atoms with Crippen LogP contribution in [0.15, 0.2) is 36.7 Å². The Kier molecular flexibility index (Phi) is 3.97. The van der Waals surface area contributed by atoms with Crippen LogP contribution in [0.3, 0.4) is 0 Å². The Morgan fingerprint density at radius 1 is 1.20 bits per heavy atom. The van der Waals surface area contributed by atoms with Crippen molar-refractivity contribution in [2.45, 2.75) is 12.6 Å². The van der Waals surface area contributed by atoms with Crippen molar-refractivity contribution in [1.82, 2.24) is 19.9 Å². The normalized spacial score (nSPS) is 20.7. The molecule has 1 N–H and O–H groups in total. The van der Waals surface area contributed by atoms with E-state index in [1.807, 2.05) is 0 Å². The Bertz CT molecular complexity index is 789. The Morgan fingerprint density at radius 2 is 1.88 bits per heavy atom. The fourth-order valence-corrected chi connectivity index (χ4v) is 2.80. The summed E-state index contributed by atoms with van der Waals surface area (Å²) in [4.78, 5) is 24.5. The fourth-order valence-electron chi connectivity index (χ4n) is 2.80. The van der Waals surface area contributed by atoms with Gasteiger partial charge in [-0.15, -0.1) is 5.10 Å². The van der Waals surface area contributed by atoms with Gasteiger partial charge in [-0.3, -0.25) is 9.59 Å². The van der Waals surface area contributed by atoms with Crippen molar-refractivity contribution in [3.8, 4) is 5.69 Å². The third-order valence-electron chi connectivity index (χ3n) is 4.31. The Hall–Kier alpha value is -2.91. The summed E-state index contributed by atoms with van der Waals surface area (Å²) in [6.45, 7) is -1.16. The first kappa shape index (κ1) is 16.9. The number of halogens is 3. The average molecular weight is 354 g/mol. The van der Waals surface area contributed by atoms with E-state index in [0.717, 1.165) is 4.90 Å². The third kappa shape index (κ3) is 2.83. The average Bonchev–Trinajstić information content (AvgIpc) is 3.24. The van der Waals surface area contributed by atoms with Gasteiger partial charge in [0.15, 0.2) is 5.41 Å². The molecule has 0 spiro atoms. The van der Waals surface area contributed by atoms with Gasteiger partial charge in [-0.25, -0.2) is 4.68 Å². The molecule has 1 fully saturated rings. The van der Waals surface area contributed by atoms with Crippen LogP contribution < -0.4 is 0 Å². The topological polar surface area (TPSA) is 88.3 Å². The molecule has 2 aromatic rings. The summed E-state index contributed by atoms with van der Waals surface area (Å²) < 4.78 is 41.0. The fraction of sp³-hybridized carbons (Fsp3) is 0.333. The molecule has 1 aliphatic rings. The molecule has 3 rings (SSSR count). The van der Waals surface area contributed by atoms with E-state index in [0.29, 0.717) is 5.69 Å². The molecule has 1 aromatic heterocycles. The second kappa shape index (κ2) is 5.87. The second-order valence-corrected chi connectivity index (χ2v) is 5.76. The van der Waals surface area contributed by atoms with Crippen molar-refractivity contribution >= 4 is 11.9 Å². The molecule has 2 heterocycles. The van der Waals surface area contributed by atoms with Gasteiger partial charge in [0, 0.05) is 18.7 Å². The number of amides is 1. The standard InChI is InChI=1S/C15H13F3N4O3/c16-15(17,18)14(13(24)25)5-7-21(9-14)12(23)10-1-3-11(4-2-10)22-8-6-19-20-22/h1-4,6,8H,5,7,9H2,(H,24,25). The summed E-state index contributed by atoms with van der Waals surface area (Å²) >= 11 is 0.